The third-order valence-electron chi connectivity index (χ3n) is 4.24. The number of ether oxygens (including phenoxy) is 2. The quantitative estimate of drug-likeness (QED) is 0.235. The first-order valence-corrected chi connectivity index (χ1v) is 9.12. The lowest BCUT2D eigenvalue weighted by molar-refractivity contribution is 0.00991. The number of piperidine rings is 1. The molecule has 8 nitrogen and oxygen atoms in total. The van der Waals surface area contributed by atoms with Crippen molar-refractivity contribution in [1.82, 2.24) is 15.5 Å². The minimum atomic E-state index is -0.210. The normalized spacial score (nSPS) is 15.3. The summed E-state index contributed by atoms with van der Waals surface area (Å²) in [5, 5.41) is 6.10. The molecule has 1 aliphatic rings. The number of furan rings is 1. The van der Waals surface area contributed by atoms with Gasteiger partial charge in [-0.3, -0.25) is 9.79 Å². The zero-order valence-electron chi connectivity index (χ0n) is 16.1. The van der Waals surface area contributed by atoms with Crippen LogP contribution in [0.2, 0.25) is 0 Å². The van der Waals surface area contributed by atoms with Gasteiger partial charge in [-0.1, -0.05) is 0 Å². The second-order valence-corrected chi connectivity index (χ2v) is 6.11. The Morgan fingerprint density at radius 1 is 1.30 bits per heavy atom. The molecule has 2 N–H and O–H groups in total. The van der Waals surface area contributed by atoms with Crippen molar-refractivity contribution in [3.8, 4) is 0 Å². The van der Waals surface area contributed by atoms with E-state index >= 15 is 0 Å². The van der Waals surface area contributed by atoms with E-state index in [0.717, 1.165) is 51.5 Å². The highest BCUT2D eigenvalue weighted by Gasteiger charge is 2.21. The van der Waals surface area contributed by atoms with E-state index in [2.05, 4.69) is 20.5 Å². The number of guanidine groups is 1. The maximum Gasteiger partial charge on any atom is 0.287 e. The average Bonchev–Trinajstić information content (AvgIpc) is 3.21. The highest BCUT2D eigenvalue weighted by Crippen LogP contribution is 2.14. The van der Waals surface area contributed by atoms with E-state index in [1.165, 1.54) is 6.26 Å². The molecule has 0 saturated carbocycles. The molecule has 0 radical (unpaired) electrons. The number of hydrogen-bond donors (Lipinski definition) is 2. The molecule has 0 unspecified atom stereocenters. The minimum Gasteiger partial charge on any atom is -0.459 e. The number of likely N-dealkylation sites (tertiary alicyclic amines) is 1. The summed E-state index contributed by atoms with van der Waals surface area (Å²) < 4.78 is 16.0. The van der Waals surface area contributed by atoms with Gasteiger partial charge in [-0.2, -0.15) is 0 Å². The molecule has 0 atom stereocenters. The highest BCUT2D eigenvalue weighted by atomic mass is 127. The summed E-state index contributed by atoms with van der Waals surface area (Å²) in [6.07, 6.45) is 4.71. The second-order valence-electron chi connectivity index (χ2n) is 6.11. The topological polar surface area (TPSA) is 88.3 Å². The number of aliphatic imine (C=N–C) groups is 1. The van der Waals surface area contributed by atoms with Gasteiger partial charge in [-0.15, -0.1) is 24.0 Å². The van der Waals surface area contributed by atoms with Crippen LogP contribution in [-0.2, 0) is 9.47 Å². The number of halogens is 1. The summed E-state index contributed by atoms with van der Waals surface area (Å²) in [6, 6.07) is 3.34. The van der Waals surface area contributed by atoms with Crippen LogP contribution in [0, 0.1) is 0 Å². The van der Waals surface area contributed by atoms with Gasteiger partial charge in [-0.05, 0) is 31.4 Å². The lowest BCUT2D eigenvalue weighted by Crippen LogP contribution is -2.48. The Bertz CT molecular complexity index is 546. The van der Waals surface area contributed by atoms with Gasteiger partial charge in [0.25, 0.3) is 5.91 Å². The largest absolute Gasteiger partial charge is 0.459 e. The van der Waals surface area contributed by atoms with Crippen LogP contribution < -0.4 is 10.6 Å². The van der Waals surface area contributed by atoms with Crippen molar-refractivity contribution in [2.75, 3.05) is 53.6 Å². The fourth-order valence-electron chi connectivity index (χ4n) is 2.87. The molecule has 1 aliphatic heterocycles. The summed E-state index contributed by atoms with van der Waals surface area (Å²) >= 11 is 0. The van der Waals surface area contributed by atoms with E-state index in [1.807, 2.05) is 0 Å². The van der Waals surface area contributed by atoms with Crippen molar-refractivity contribution in [3.05, 3.63) is 24.2 Å². The van der Waals surface area contributed by atoms with Crippen molar-refractivity contribution in [1.29, 1.82) is 0 Å². The molecule has 2 heterocycles. The molecule has 1 aromatic rings. The van der Waals surface area contributed by atoms with Gasteiger partial charge in [0.05, 0.1) is 12.4 Å². The Morgan fingerprint density at radius 3 is 2.67 bits per heavy atom. The van der Waals surface area contributed by atoms with E-state index < -0.39 is 0 Å². The molecular formula is C18H31IN4O4. The highest BCUT2D eigenvalue weighted by molar-refractivity contribution is 14.0. The Kier molecular flexibility index (Phi) is 12.1. The van der Waals surface area contributed by atoms with Gasteiger partial charge < -0.3 is 29.4 Å². The van der Waals surface area contributed by atoms with Gasteiger partial charge in [0.15, 0.2) is 11.7 Å². The average molecular weight is 494 g/mol. The molecule has 27 heavy (non-hydrogen) atoms. The van der Waals surface area contributed by atoms with E-state index in [9.17, 15) is 4.79 Å². The molecule has 9 heteroatoms. The van der Waals surface area contributed by atoms with Crippen LogP contribution in [-0.4, -0.2) is 76.4 Å². The first-order valence-electron chi connectivity index (χ1n) is 9.12. The number of carbonyl (C=O) groups is 1. The standard InChI is InChI=1S/C18H30N4O4.HI/c1-19-18(21-9-8-20-17(23)16-5-3-13-26-16)22-10-6-15(7-11-22)25-14-4-12-24-2;/h3,5,13,15H,4,6-12,14H2,1-2H3,(H,19,21)(H,20,23);1H. The summed E-state index contributed by atoms with van der Waals surface area (Å²) in [7, 11) is 3.48. The summed E-state index contributed by atoms with van der Waals surface area (Å²) in [4.78, 5) is 18.3. The van der Waals surface area contributed by atoms with Crippen LogP contribution >= 0.6 is 24.0 Å². The molecule has 2 rings (SSSR count). The van der Waals surface area contributed by atoms with Gasteiger partial charge >= 0.3 is 0 Å². The first-order chi connectivity index (χ1) is 12.7. The number of hydrogen-bond acceptors (Lipinski definition) is 5. The van der Waals surface area contributed by atoms with Gasteiger partial charge in [0, 0.05) is 53.6 Å². The molecule has 1 amide bonds. The van der Waals surface area contributed by atoms with E-state index in [0.29, 0.717) is 25.0 Å². The molecule has 154 valence electrons. The van der Waals surface area contributed by atoms with Gasteiger partial charge in [-0.25, -0.2) is 0 Å². The monoisotopic (exact) mass is 494 g/mol. The Labute approximate surface area is 178 Å². The van der Waals surface area contributed by atoms with Gasteiger partial charge in [0.2, 0.25) is 0 Å². The summed E-state index contributed by atoms with van der Waals surface area (Å²) in [5.41, 5.74) is 0. The third kappa shape index (κ3) is 8.48. The Hall–Kier alpha value is -1.33. The van der Waals surface area contributed by atoms with Crippen molar-refractivity contribution in [2.45, 2.75) is 25.4 Å². The summed E-state index contributed by atoms with van der Waals surface area (Å²) in [5.74, 6) is 0.968. The number of rotatable bonds is 9. The molecule has 0 spiro atoms. The van der Waals surface area contributed by atoms with Crippen molar-refractivity contribution >= 4 is 35.8 Å². The van der Waals surface area contributed by atoms with Crippen LogP contribution in [0.4, 0.5) is 0 Å². The second kappa shape index (κ2) is 13.8. The van der Waals surface area contributed by atoms with Crippen molar-refractivity contribution < 1.29 is 18.7 Å². The molecule has 1 saturated heterocycles. The summed E-state index contributed by atoms with van der Waals surface area (Å²) in [6.45, 7) is 4.41. The Morgan fingerprint density at radius 2 is 2.04 bits per heavy atom. The third-order valence-corrected chi connectivity index (χ3v) is 4.24. The van der Waals surface area contributed by atoms with E-state index in [4.69, 9.17) is 13.9 Å². The predicted octanol–water partition coefficient (Wildman–Crippen LogP) is 1.72. The predicted molar refractivity (Wildman–Crippen MR) is 115 cm³/mol. The van der Waals surface area contributed by atoms with Crippen LogP contribution in [0.5, 0.6) is 0 Å². The fraction of sp³-hybridized carbons (Fsp3) is 0.667. The minimum absolute atomic E-state index is 0. The maximum atomic E-state index is 11.8. The molecule has 1 aromatic heterocycles. The van der Waals surface area contributed by atoms with E-state index in [1.54, 1.807) is 26.3 Å². The number of nitrogens with one attached hydrogen (secondary N) is 2. The number of amides is 1. The van der Waals surface area contributed by atoms with E-state index in [-0.39, 0.29) is 29.9 Å². The molecule has 1 fully saturated rings. The SMILES string of the molecule is CN=C(NCCNC(=O)c1ccco1)N1CCC(OCCCOC)CC1.I. The zero-order chi connectivity index (χ0) is 18.6. The molecular weight excluding hydrogens is 463 g/mol. The van der Waals surface area contributed by atoms with Crippen LogP contribution in [0.25, 0.3) is 0 Å². The van der Waals surface area contributed by atoms with Crippen LogP contribution in [0.3, 0.4) is 0 Å². The molecule has 0 aromatic carbocycles. The lowest BCUT2D eigenvalue weighted by Gasteiger charge is -2.34. The fourth-order valence-corrected chi connectivity index (χ4v) is 2.87. The zero-order valence-corrected chi connectivity index (χ0v) is 18.4. The smallest absolute Gasteiger partial charge is 0.287 e. The number of carbonyl (C=O) groups excluding carboxylic acids is 1. The Balaban J connectivity index is 0.00000364. The molecule has 0 bridgehead atoms. The maximum absolute atomic E-state index is 11.8. The van der Waals surface area contributed by atoms with Gasteiger partial charge in [0.1, 0.15) is 0 Å². The number of nitrogens with zero attached hydrogens (tertiary/aromatic N) is 2. The van der Waals surface area contributed by atoms with Crippen molar-refractivity contribution in [2.24, 2.45) is 4.99 Å². The van der Waals surface area contributed by atoms with Crippen LogP contribution in [0.15, 0.2) is 27.8 Å². The van der Waals surface area contributed by atoms with Crippen molar-refractivity contribution in [3.63, 3.8) is 0 Å². The first kappa shape index (κ1) is 23.7. The van der Waals surface area contributed by atoms with Crippen LogP contribution in [0.1, 0.15) is 29.8 Å². The molecule has 0 aliphatic carbocycles. The number of methoxy groups -OCH3 is 1. The lowest BCUT2D eigenvalue weighted by atomic mass is 10.1.